The second kappa shape index (κ2) is 5.88. The van der Waals surface area contributed by atoms with E-state index in [0.717, 1.165) is 0 Å². The summed E-state index contributed by atoms with van der Waals surface area (Å²) >= 11 is 0. The van der Waals surface area contributed by atoms with Crippen LogP contribution in [0.4, 0.5) is 4.79 Å². The molecule has 3 N–H and O–H groups in total. The van der Waals surface area contributed by atoms with Gasteiger partial charge in [-0.1, -0.05) is 32.9 Å². The molecule has 2 aliphatic rings. The van der Waals surface area contributed by atoms with Crippen molar-refractivity contribution < 1.29 is 19.5 Å². The number of amides is 3. The van der Waals surface area contributed by atoms with Crippen molar-refractivity contribution in [3.8, 4) is 0 Å². The fraction of sp³-hybridized carbons (Fsp3) is 0.643. The Morgan fingerprint density at radius 2 is 1.95 bits per heavy atom. The van der Waals surface area contributed by atoms with Crippen molar-refractivity contribution in [1.29, 1.82) is 0 Å². The first kappa shape index (κ1) is 16.7. The molecule has 1 unspecified atom stereocenters. The van der Waals surface area contributed by atoms with E-state index in [2.05, 4.69) is 19.8 Å². The van der Waals surface area contributed by atoms with Crippen LogP contribution in [0.5, 0.6) is 0 Å². The minimum Gasteiger partial charge on any atom is -0.480 e. The van der Waals surface area contributed by atoms with Crippen molar-refractivity contribution in [3.05, 3.63) is 12.2 Å². The highest BCUT2D eigenvalue weighted by Crippen LogP contribution is 2.39. The van der Waals surface area contributed by atoms with Gasteiger partial charge in [0.2, 0.25) is 5.91 Å². The third kappa shape index (κ3) is 2.95. The molecule has 0 radical (unpaired) electrons. The fourth-order valence-electron chi connectivity index (χ4n) is 2.98. The third-order valence-electron chi connectivity index (χ3n) is 4.24. The van der Waals surface area contributed by atoms with E-state index in [4.69, 9.17) is 0 Å². The van der Waals surface area contributed by atoms with Gasteiger partial charge in [0.05, 0.1) is 0 Å². The van der Waals surface area contributed by atoms with Crippen molar-refractivity contribution in [3.63, 3.8) is 0 Å². The van der Waals surface area contributed by atoms with Crippen LogP contribution in [0.1, 0.15) is 20.8 Å². The minimum atomic E-state index is -1.01. The molecule has 5 atom stereocenters. The number of nitrogens with one attached hydrogen (secondary N) is 2. The lowest BCUT2D eigenvalue weighted by Gasteiger charge is -2.35. The van der Waals surface area contributed by atoms with Gasteiger partial charge in [-0.15, -0.1) is 0 Å². The summed E-state index contributed by atoms with van der Waals surface area (Å²) in [5.41, 5.74) is -0.535. The number of nitrogens with zero attached hydrogens (tertiary/aromatic N) is 1. The highest BCUT2D eigenvalue weighted by Gasteiger charge is 2.51. The number of hydrogen-bond acceptors (Lipinski definition) is 3. The molecule has 0 spiro atoms. The Balaban J connectivity index is 2.23. The third-order valence-corrected chi connectivity index (χ3v) is 4.50. The van der Waals surface area contributed by atoms with E-state index in [-0.39, 0.29) is 17.7 Å². The number of urea groups is 1. The molecule has 7 nitrogen and oxygen atoms in total. The zero-order valence-electron chi connectivity index (χ0n) is 12.9. The van der Waals surface area contributed by atoms with E-state index >= 15 is 0 Å². The number of fused-ring (bicyclic) bond motifs is 1. The lowest BCUT2D eigenvalue weighted by atomic mass is 9.81. The van der Waals surface area contributed by atoms with Crippen molar-refractivity contribution in [2.45, 2.75) is 32.9 Å². The van der Waals surface area contributed by atoms with Crippen LogP contribution < -0.4 is 10.4 Å². The van der Waals surface area contributed by atoms with Crippen molar-refractivity contribution in [2.24, 2.45) is 17.3 Å². The number of likely N-dealkylation sites (tertiary alicyclic amines) is 1. The molecule has 22 heavy (non-hydrogen) atoms. The molecule has 8 heteroatoms. The Bertz CT molecular complexity index is 529. The summed E-state index contributed by atoms with van der Waals surface area (Å²) in [4.78, 5) is 37.4. The average Bonchev–Trinajstić information content (AvgIpc) is 2.65. The molecule has 1 heterocycles. The Morgan fingerprint density at radius 1 is 1.32 bits per heavy atom. The molecule has 0 aromatic heterocycles. The maximum Gasteiger partial charge on any atom is 0.327 e. The number of carboxylic acids is 1. The van der Waals surface area contributed by atoms with Crippen LogP contribution >= 0.6 is 9.39 Å². The van der Waals surface area contributed by atoms with E-state index in [0.29, 0.717) is 6.54 Å². The van der Waals surface area contributed by atoms with Crippen molar-refractivity contribution in [2.75, 3.05) is 6.54 Å². The summed E-state index contributed by atoms with van der Waals surface area (Å²) < 4.78 is 0. The molecular weight excluding hydrogens is 305 g/mol. The number of aliphatic carboxylic acids is 1. The second-order valence-electron chi connectivity index (χ2n) is 6.82. The highest BCUT2D eigenvalue weighted by atomic mass is 31.0. The van der Waals surface area contributed by atoms with Crippen LogP contribution in [-0.4, -0.2) is 46.5 Å². The molecule has 0 bridgehead atoms. The first-order chi connectivity index (χ1) is 10.2. The van der Waals surface area contributed by atoms with Crippen molar-refractivity contribution in [1.82, 2.24) is 15.3 Å². The molecule has 0 saturated carbocycles. The number of carbonyl (C=O) groups excluding carboxylic acids is 2. The van der Waals surface area contributed by atoms with E-state index in [9.17, 15) is 19.5 Å². The van der Waals surface area contributed by atoms with Crippen LogP contribution in [0.25, 0.3) is 0 Å². The lowest BCUT2D eigenvalue weighted by molar-refractivity contribution is -0.150. The number of carboxylic acid groups (broad SMARTS) is 1. The fourth-order valence-corrected chi connectivity index (χ4v) is 3.06. The second-order valence-corrected chi connectivity index (χ2v) is 7.11. The van der Waals surface area contributed by atoms with E-state index < -0.39 is 29.5 Å². The first-order valence-corrected chi connectivity index (χ1v) is 7.73. The molecule has 1 saturated heterocycles. The summed E-state index contributed by atoms with van der Waals surface area (Å²) in [7, 11) is 2.07. The van der Waals surface area contributed by atoms with Gasteiger partial charge < -0.3 is 20.4 Å². The quantitative estimate of drug-likeness (QED) is 0.522. The molecule has 1 fully saturated rings. The molecule has 122 valence electrons. The summed E-state index contributed by atoms with van der Waals surface area (Å²) in [5, 5.41) is 14.4. The van der Waals surface area contributed by atoms with Crippen molar-refractivity contribution >= 4 is 27.3 Å². The topological polar surface area (TPSA) is 98.7 Å². The zero-order chi connectivity index (χ0) is 16.7. The molecular formula is C14H22N3O4P. The van der Waals surface area contributed by atoms with Gasteiger partial charge in [0, 0.05) is 18.4 Å². The SMILES string of the molecule is CC(C)(C)[C@H](NC(=O)NP)C(=O)N1C[C@@H]2C=C[C@@H]2[C@H]1C(=O)O. The van der Waals surface area contributed by atoms with Gasteiger partial charge in [-0.3, -0.25) is 4.79 Å². The van der Waals surface area contributed by atoms with Gasteiger partial charge in [-0.25, -0.2) is 9.59 Å². The average molecular weight is 327 g/mol. The maximum absolute atomic E-state index is 12.9. The van der Waals surface area contributed by atoms with E-state index in [1.54, 1.807) is 0 Å². The van der Waals surface area contributed by atoms with Crippen LogP contribution in [0, 0.1) is 17.3 Å². The Hall–Kier alpha value is -1.62. The maximum atomic E-state index is 12.9. The first-order valence-electron chi connectivity index (χ1n) is 7.15. The molecule has 2 rings (SSSR count). The predicted octanol–water partition coefficient (Wildman–Crippen LogP) is 0.588. The van der Waals surface area contributed by atoms with Crippen LogP contribution in [0.15, 0.2) is 12.2 Å². The molecule has 3 amide bonds. The van der Waals surface area contributed by atoms with Gasteiger partial charge in [-0.05, 0) is 14.8 Å². The number of carbonyl (C=O) groups is 3. The Labute approximate surface area is 131 Å². The zero-order valence-corrected chi connectivity index (χ0v) is 14.0. The van der Waals surface area contributed by atoms with Crippen LogP contribution in [-0.2, 0) is 9.59 Å². The summed E-state index contributed by atoms with van der Waals surface area (Å²) in [6.45, 7) is 5.87. The summed E-state index contributed by atoms with van der Waals surface area (Å²) in [6, 6.07) is -2.15. The molecule has 0 aromatic rings. The van der Waals surface area contributed by atoms with Gasteiger partial charge in [-0.2, -0.15) is 0 Å². The van der Waals surface area contributed by atoms with E-state index in [1.807, 2.05) is 32.9 Å². The Morgan fingerprint density at radius 3 is 2.36 bits per heavy atom. The molecule has 1 aliphatic carbocycles. The molecule has 1 aliphatic heterocycles. The van der Waals surface area contributed by atoms with Gasteiger partial charge in [0.15, 0.2) is 0 Å². The normalized spacial score (nSPS) is 27.6. The summed E-state index contributed by atoms with van der Waals surface area (Å²) in [6.07, 6.45) is 3.77. The molecule has 0 aromatic carbocycles. The van der Waals surface area contributed by atoms with Gasteiger partial charge >= 0.3 is 12.0 Å². The predicted molar refractivity (Wildman–Crippen MR) is 83.9 cm³/mol. The monoisotopic (exact) mass is 327 g/mol. The van der Waals surface area contributed by atoms with Crippen LogP contribution in [0.3, 0.4) is 0 Å². The smallest absolute Gasteiger partial charge is 0.327 e. The lowest BCUT2D eigenvalue weighted by Crippen LogP contribution is -2.58. The van der Waals surface area contributed by atoms with Crippen LogP contribution in [0.2, 0.25) is 0 Å². The largest absolute Gasteiger partial charge is 0.480 e. The number of hydrogen-bond donors (Lipinski definition) is 3. The highest BCUT2D eigenvalue weighted by molar-refractivity contribution is 7.15. The standard InChI is InChI=1S/C14H22N3O4P/c1-14(2,3)10(15-13(21)16-22)11(18)17-6-7-4-5-8(7)9(17)12(19)20/h4-5,7-10H,6,22H2,1-3H3,(H,19,20)(H2,15,16,21)/t7-,8-,9-,10+/m0/s1. The number of rotatable bonds is 3. The summed E-state index contributed by atoms with van der Waals surface area (Å²) in [5.74, 6) is -1.39. The minimum absolute atomic E-state index is 0.0984. The van der Waals surface area contributed by atoms with Gasteiger partial charge in [0.1, 0.15) is 12.1 Å². The Kier molecular flexibility index (Phi) is 4.47. The van der Waals surface area contributed by atoms with Gasteiger partial charge in [0.25, 0.3) is 0 Å². The van der Waals surface area contributed by atoms with E-state index in [1.165, 1.54) is 4.90 Å².